The van der Waals surface area contributed by atoms with Gasteiger partial charge in [-0.2, -0.15) is 0 Å². The minimum absolute atomic E-state index is 0.0180. The number of carbonyl (C=O) groups excluding carboxylic acids is 1. The Hall–Kier alpha value is -2.84. The second-order valence-corrected chi connectivity index (χ2v) is 21.3. The first-order valence-electron chi connectivity index (χ1n) is 28.6. The van der Waals surface area contributed by atoms with Crippen LogP contribution in [0.3, 0.4) is 0 Å². The summed E-state index contributed by atoms with van der Waals surface area (Å²) in [6.07, 6.45) is 75.5. The summed E-state index contributed by atoms with van der Waals surface area (Å²) < 4.78 is 34.8. The molecule has 0 aromatic rings. The van der Waals surface area contributed by atoms with Crippen LogP contribution in [-0.2, 0) is 27.9 Å². The maximum atomic E-state index is 12.8. The Morgan fingerprint density at radius 2 is 0.775 bits per heavy atom. The number of hydrogen-bond acceptors (Lipinski definition) is 7. The van der Waals surface area contributed by atoms with Crippen molar-refractivity contribution in [2.75, 3.05) is 54.1 Å². The molecule has 0 N–H and O–H groups in total. The number of allylic oxidation sites excluding steroid dienone is 18. The highest BCUT2D eigenvalue weighted by molar-refractivity contribution is 7.45. The van der Waals surface area contributed by atoms with Crippen molar-refractivity contribution >= 4 is 13.8 Å². The molecule has 0 aliphatic rings. The van der Waals surface area contributed by atoms with Crippen molar-refractivity contribution in [2.45, 2.75) is 225 Å². The van der Waals surface area contributed by atoms with Crippen LogP contribution in [-0.4, -0.2) is 70.7 Å². The summed E-state index contributed by atoms with van der Waals surface area (Å²) in [6.45, 7) is 5.17. The van der Waals surface area contributed by atoms with Crippen LogP contribution in [0.5, 0.6) is 0 Å². The zero-order valence-corrected chi connectivity index (χ0v) is 47.3. The van der Waals surface area contributed by atoms with Gasteiger partial charge in [0.2, 0.25) is 0 Å². The molecule has 0 heterocycles. The van der Waals surface area contributed by atoms with E-state index in [0.717, 1.165) is 103 Å². The average Bonchev–Trinajstić information content (AvgIpc) is 3.33. The van der Waals surface area contributed by atoms with Crippen molar-refractivity contribution < 1.29 is 37.3 Å². The van der Waals surface area contributed by atoms with Gasteiger partial charge in [0.15, 0.2) is 0 Å². The van der Waals surface area contributed by atoms with E-state index in [1.165, 1.54) is 96.3 Å². The molecule has 2 unspecified atom stereocenters. The summed E-state index contributed by atoms with van der Waals surface area (Å²) in [7, 11) is 1.34. The number of carbonyl (C=O) groups is 1. The van der Waals surface area contributed by atoms with Gasteiger partial charge in [-0.25, -0.2) is 0 Å². The van der Waals surface area contributed by atoms with Gasteiger partial charge < -0.3 is 27.9 Å². The molecule has 8 nitrogen and oxygen atoms in total. The van der Waals surface area contributed by atoms with Gasteiger partial charge in [-0.15, -0.1) is 0 Å². The van der Waals surface area contributed by atoms with Crippen molar-refractivity contribution in [1.29, 1.82) is 0 Å². The number of phosphoric acid groups is 1. The molecule has 0 aromatic carbocycles. The van der Waals surface area contributed by atoms with Crippen LogP contribution in [0.15, 0.2) is 109 Å². The van der Waals surface area contributed by atoms with E-state index in [2.05, 4.69) is 123 Å². The van der Waals surface area contributed by atoms with Crippen LogP contribution in [0.25, 0.3) is 0 Å². The van der Waals surface area contributed by atoms with Crippen LogP contribution < -0.4 is 4.89 Å². The predicted molar refractivity (Wildman–Crippen MR) is 304 cm³/mol. The SMILES string of the molecule is CC/C=C\C/C=C\C/C=C\C/C=C\C/C=C\CCCCCCCCCC(=O)OC(COCCCCCCCCCCCCCCC/C=C\C/C=C\C/C=C\C/C=C\CC)COP(=O)([O-])OCC[N+](C)(C)C. The average molecular weight is 1010 g/mol. The molecule has 9 heteroatoms. The van der Waals surface area contributed by atoms with Gasteiger partial charge in [0.25, 0.3) is 7.82 Å². The molecule has 0 fully saturated rings. The summed E-state index contributed by atoms with van der Waals surface area (Å²) in [5, 5.41) is 0. The Labute approximate surface area is 438 Å². The molecule has 0 saturated heterocycles. The summed E-state index contributed by atoms with van der Waals surface area (Å²) in [5.74, 6) is -0.348. The second kappa shape index (κ2) is 53.5. The molecule has 0 bridgehead atoms. The van der Waals surface area contributed by atoms with E-state index in [1.807, 2.05) is 21.1 Å². The molecule has 0 radical (unpaired) electrons. The lowest BCUT2D eigenvalue weighted by molar-refractivity contribution is -0.870. The van der Waals surface area contributed by atoms with E-state index in [9.17, 15) is 14.3 Å². The number of quaternary nitrogens is 1. The number of esters is 1. The summed E-state index contributed by atoms with van der Waals surface area (Å²) >= 11 is 0. The van der Waals surface area contributed by atoms with Gasteiger partial charge >= 0.3 is 5.97 Å². The molecule has 408 valence electrons. The van der Waals surface area contributed by atoms with E-state index in [1.54, 1.807) is 0 Å². The molecule has 0 aliphatic heterocycles. The van der Waals surface area contributed by atoms with E-state index in [4.69, 9.17) is 18.5 Å². The van der Waals surface area contributed by atoms with Gasteiger partial charge in [-0.3, -0.25) is 9.36 Å². The molecule has 0 spiro atoms. The zero-order chi connectivity index (χ0) is 51.9. The Kier molecular flexibility index (Phi) is 51.3. The topological polar surface area (TPSA) is 94.1 Å². The van der Waals surface area contributed by atoms with Crippen molar-refractivity contribution in [1.82, 2.24) is 0 Å². The lowest BCUT2D eigenvalue weighted by Gasteiger charge is -2.28. The minimum atomic E-state index is -4.55. The lowest BCUT2D eigenvalue weighted by Crippen LogP contribution is -2.37. The highest BCUT2D eigenvalue weighted by Gasteiger charge is 2.20. The Morgan fingerprint density at radius 3 is 1.15 bits per heavy atom. The van der Waals surface area contributed by atoms with Crippen molar-refractivity contribution in [3.8, 4) is 0 Å². The highest BCUT2D eigenvalue weighted by atomic mass is 31.2. The fourth-order valence-electron chi connectivity index (χ4n) is 7.51. The van der Waals surface area contributed by atoms with Crippen molar-refractivity contribution in [3.63, 3.8) is 0 Å². The van der Waals surface area contributed by atoms with E-state index in [0.29, 0.717) is 24.1 Å². The highest BCUT2D eigenvalue weighted by Crippen LogP contribution is 2.38. The molecule has 0 amide bonds. The first-order valence-corrected chi connectivity index (χ1v) is 30.1. The molecule has 0 aromatic heterocycles. The number of ether oxygens (including phenoxy) is 2. The molecular weight excluding hydrogens is 902 g/mol. The monoisotopic (exact) mass is 1010 g/mol. The Morgan fingerprint density at radius 1 is 0.437 bits per heavy atom. The summed E-state index contributed by atoms with van der Waals surface area (Å²) in [4.78, 5) is 25.3. The first-order chi connectivity index (χ1) is 34.6. The van der Waals surface area contributed by atoms with Gasteiger partial charge in [0.05, 0.1) is 34.4 Å². The third kappa shape index (κ3) is 57.9. The number of rotatable bonds is 52. The smallest absolute Gasteiger partial charge is 0.306 e. The van der Waals surface area contributed by atoms with Gasteiger partial charge in [-0.1, -0.05) is 226 Å². The fraction of sp³-hybridized carbons (Fsp3) is 0.694. The van der Waals surface area contributed by atoms with E-state index >= 15 is 0 Å². The number of hydrogen-bond donors (Lipinski definition) is 0. The Bertz CT molecular complexity index is 1500. The fourth-order valence-corrected chi connectivity index (χ4v) is 8.23. The number of nitrogens with zero attached hydrogens (tertiary/aromatic N) is 1. The molecule has 0 aliphatic carbocycles. The maximum Gasteiger partial charge on any atom is 0.306 e. The van der Waals surface area contributed by atoms with Gasteiger partial charge in [-0.05, 0) is 96.3 Å². The Balaban J connectivity index is 4.12. The third-order valence-corrected chi connectivity index (χ3v) is 12.8. The number of phosphoric ester groups is 1. The van der Waals surface area contributed by atoms with Crippen molar-refractivity contribution in [2.24, 2.45) is 0 Å². The van der Waals surface area contributed by atoms with Crippen LogP contribution in [0, 0.1) is 0 Å². The third-order valence-electron chi connectivity index (χ3n) is 11.8. The summed E-state index contributed by atoms with van der Waals surface area (Å²) in [6, 6.07) is 0. The largest absolute Gasteiger partial charge is 0.756 e. The van der Waals surface area contributed by atoms with E-state index in [-0.39, 0.29) is 25.8 Å². The predicted octanol–water partition coefficient (Wildman–Crippen LogP) is 17.7. The molecule has 0 rings (SSSR count). The van der Waals surface area contributed by atoms with Crippen LogP contribution in [0.4, 0.5) is 0 Å². The van der Waals surface area contributed by atoms with Gasteiger partial charge in [0, 0.05) is 13.0 Å². The van der Waals surface area contributed by atoms with Crippen LogP contribution >= 0.6 is 7.82 Å². The van der Waals surface area contributed by atoms with Crippen molar-refractivity contribution in [3.05, 3.63) is 109 Å². The second-order valence-electron chi connectivity index (χ2n) is 19.9. The number of unbranched alkanes of at least 4 members (excludes halogenated alkanes) is 20. The summed E-state index contributed by atoms with van der Waals surface area (Å²) in [5.41, 5.74) is 0. The normalized spacial score (nSPS) is 14.3. The molecular formula is C62H108NO7P. The molecule has 0 saturated carbocycles. The standard InChI is InChI=1S/C62H108NO7P/c1-6-8-10-12-14-16-18-20-22-24-26-28-30-31-32-34-36-38-40-42-44-46-48-50-52-54-57-67-59-61(60-69-71(65,66)68-58-56-63(3,4)5)70-62(64)55-53-51-49-47-45-43-41-39-37-35-33-29-27-25-23-21-19-17-15-13-11-9-7-2/h8-11,14-17,20-23,26-29,35,37,61H,6-7,12-13,18-19,24-25,30-34,36,38-60H2,1-5H3/b10-8-,11-9-,16-14-,17-15-,22-20-,23-21-,28-26-,29-27-,37-35-. The maximum absolute atomic E-state index is 12.8. The minimum Gasteiger partial charge on any atom is -0.756 e. The van der Waals surface area contributed by atoms with Crippen LogP contribution in [0.1, 0.15) is 219 Å². The van der Waals surface area contributed by atoms with Gasteiger partial charge in [0.1, 0.15) is 19.3 Å². The molecule has 71 heavy (non-hydrogen) atoms. The van der Waals surface area contributed by atoms with E-state index < -0.39 is 13.9 Å². The molecule has 2 atom stereocenters. The quantitative estimate of drug-likeness (QED) is 0.0197. The lowest BCUT2D eigenvalue weighted by atomic mass is 10.0. The first kappa shape index (κ1) is 68.2. The number of likely N-dealkylation sites (N-methyl/N-ethyl adjacent to an activating group) is 1. The van der Waals surface area contributed by atoms with Crippen LogP contribution in [0.2, 0.25) is 0 Å². The zero-order valence-electron chi connectivity index (χ0n) is 46.4.